The minimum atomic E-state index is -0.582. The van der Waals surface area contributed by atoms with Crippen LogP contribution in [0.1, 0.15) is 44.7 Å². The molecule has 2 amide bonds. The van der Waals surface area contributed by atoms with Gasteiger partial charge in [0.15, 0.2) is 6.61 Å². The number of hydrogen-bond donors (Lipinski definition) is 1. The zero-order valence-corrected chi connectivity index (χ0v) is 18.9. The van der Waals surface area contributed by atoms with Gasteiger partial charge in [-0.05, 0) is 44.4 Å². The highest BCUT2D eigenvalue weighted by atomic mass is 35.5. The molecule has 0 aliphatic heterocycles. The summed E-state index contributed by atoms with van der Waals surface area (Å²) < 4.78 is 5.66. The number of para-hydroxylation sites is 1. The molecule has 0 fully saturated rings. The minimum absolute atomic E-state index is 0.0434. The number of halogens is 1. The molecule has 0 heterocycles. The van der Waals surface area contributed by atoms with Crippen molar-refractivity contribution >= 4 is 23.4 Å². The van der Waals surface area contributed by atoms with E-state index in [1.54, 1.807) is 29.2 Å². The summed E-state index contributed by atoms with van der Waals surface area (Å²) in [7, 11) is 0. The van der Waals surface area contributed by atoms with Crippen LogP contribution < -0.4 is 10.1 Å². The summed E-state index contributed by atoms with van der Waals surface area (Å²) in [5.74, 6) is 0.0355. The topological polar surface area (TPSA) is 58.6 Å². The predicted molar refractivity (Wildman–Crippen MR) is 121 cm³/mol. The normalized spacial score (nSPS) is 12.7. The molecule has 2 rings (SSSR count). The smallest absolute Gasteiger partial charge is 0.261 e. The molecule has 0 aliphatic carbocycles. The summed E-state index contributed by atoms with van der Waals surface area (Å²) in [6.07, 6.45) is 1.33. The highest BCUT2D eigenvalue weighted by Crippen LogP contribution is 2.23. The molecule has 0 aromatic heterocycles. The second-order valence-electron chi connectivity index (χ2n) is 7.47. The third-order valence-corrected chi connectivity index (χ3v) is 5.32. The van der Waals surface area contributed by atoms with Gasteiger partial charge in [0.05, 0.1) is 5.02 Å². The monoisotopic (exact) mass is 430 g/mol. The molecule has 2 aromatic carbocycles. The fourth-order valence-corrected chi connectivity index (χ4v) is 3.34. The molecule has 2 unspecified atom stereocenters. The lowest BCUT2D eigenvalue weighted by Gasteiger charge is -2.31. The summed E-state index contributed by atoms with van der Waals surface area (Å²) in [5, 5.41) is 3.44. The first-order chi connectivity index (χ1) is 14.3. The number of nitrogens with one attached hydrogen (secondary N) is 1. The summed E-state index contributed by atoms with van der Waals surface area (Å²) >= 11 is 6.13. The van der Waals surface area contributed by atoms with Crippen molar-refractivity contribution in [2.24, 2.45) is 0 Å². The first-order valence-corrected chi connectivity index (χ1v) is 10.8. The molecule has 2 aromatic rings. The van der Waals surface area contributed by atoms with Gasteiger partial charge in [-0.3, -0.25) is 9.59 Å². The van der Waals surface area contributed by atoms with Crippen LogP contribution in [-0.2, 0) is 16.1 Å². The van der Waals surface area contributed by atoms with Gasteiger partial charge >= 0.3 is 0 Å². The summed E-state index contributed by atoms with van der Waals surface area (Å²) in [5.41, 5.74) is 2.07. The highest BCUT2D eigenvalue weighted by molar-refractivity contribution is 6.32. The Morgan fingerprint density at radius 3 is 2.47 bits per heavy atom. The average molecular weight is 431 g/mol. The van der Waals surface area contributed by atoms with Gasteiger partial charge < -0.3 is 15.0 Å². The maximum absolute atomic E-state index is 13.2. The molecule has 6 heteroatoms. The van der Waals surface area contributed by atoms with Crippen LogP contribution in [0.25, 0.3) is 0 Å². The number of hydrogen-bond acceptors (Lipinski definition) is 3. The van der Waals surface area contributed by atoms with E-state index in [0.29, 0.717) is 23.7 Å². The molecule has 0 bridgehead atoms. The lowest BCUT2D eigenvalue weighted by molar-refractivity contribution is -0.143. The number of nitrogens with zero attached hydrogens (tertiary/aromatic N) is 1. The molecule has 0 spiro atoms. The van der Waals surface area contributed by atoms with E-state index in [9.17, 15) is 9.59 Å². The minimum Gasteiger partial charge on any atom is -0.482 e. The van der Waals surface area contributed by atoms with Crippen LogP contribution in [0.5, 0.6) is 5.75 Å². The zero-order chi connectivity index (χ0) is 22.1. The van der Waals surface area contributed by atoms with Crippen LogP contribution in [0.2, 0.25) is 5.02 Å². The Morgan fingerprint density at radius 1 is 1.10 bits per heavy atom. The van der Waals surface area contributed by atoms with Crippen LogP contribution in [-0.4, -0.2) is 35.4 Å². The molecular weight excluding hydrogens is 400 g/mol. The molecule has 0 aliphatic rings. The van der Waals surface area contributed by atoms with Crippen molar-refractivity contribution in [2.75, 3.05) is 6.61 Å². The molecular formula is C24H31ClN2O3. The van der Waals surface area contributed by atoms with E-state index in [2.05, 4.69) is 5.32 Å². The van der Waals surface area contributed by atoms with E-state index in [4.69, 9.17) is 16.3 Å². The van der Waals surface area contributed by atoms with Gasteiger partial charge in [-0.25, -0.2) is 0 Å². The van der Waals surface area contributed by atoms with Crippen molar-refractivity contribution in [1.29, 1.82) is 0 Å². The van der Waals surface area contributed by atoms with Gasteiger partial charge in [0.25, 0.3) is 5.91 Å². The molecule has 5 nitrogen and oxygen atoms in total. The number of aryl methyl sites for hydroxylation is 1. The first kappa shape index (κ1) is 23.7. The van der Waals surface area contributed by atoms with Crippen molar-refractivity contribution in [2.45, 2.75) is 59.2 Å². The van der Waals surface area contributed by atoms with E-state index in [0.717, 1.165) is 17.5 Å². The van der Waals surface area contributed by atoms with Gasteiger partial charge in [-0.2, -0.15) is 0 Å². The SMILES string of the molecule is CCC(C)NC(=O)C(CC)N(Cc1cccc(C)c1)C(=O)COc1ccccc1Cl. The second kappa shape index (κ2) is 11.6. The molecule has 0 saturated heterocycles. The lowest BCUT2D eigenvalue weighted by atomic mass is 10.1. The van der Waals surface area contributed by atoms with E-state index in [1.807, 2.05) is 52.0 Å². The van der Waals surface area contributed by atoms with Crippen LogP contribution >= 0.6 is 11.6 Å². The average Bonchev–Trinajstić information content (AvgIpc) is 2.72. The maximum Gasteiger partial charge on any atom is 0.261 e. The number of amides is 2. The Morgan fingerprint density at radius 2 is 1.83 bits per heavy atom. The van der Waals surface area contributed by atoms with Crippen molar-refractivity contribution < 1.29 is 14.3 Å². The van der Waals surface area contributed by atoms with Crippen molar-refractivity contribution in [3.8, 4) is 5.75 Å². The number of benzene rings is 2. The molecule has 0 radical (unpaired) electrons. The molecule has 30 heavy (non-hydrogen) atoms. The molecule has 162 valence electrons. The van der Waals surface area contributed by atoms with E-state index < -0.39 is 6.04 Å². The van der Waals surface area contributed by atoms with E-state index in [1.165, 1.54) is 0 Å². The largest absolute Gasteiger partial charge is 0.482 e. The lowest BCUT2D eigenvalue weighted by Crippen LogP contribution is -2.51. The molecule has 1 N–H and O–H groups in total. The fourth-order valence-electron chi connectivity index (χ4n) is 3.15. The highest BCUT2D eigenvalue weighted by Gasteiger charge is 2.29. The van der Waals surface area contributed by atoms with Crippen molar-refractivity contribution in [3.05, 3.63) is 64.7 Å². The zero-order valence-electron chi connectivity index (χ0n) is 18.2. The van der Waals surface area contributed by atoms with Crippen LogP contribution in [0.3, 0.4) is 0 Å². The number of rotatable bonds is 10. The fraction of sp³-hybridized carbons (Fsp3) is 0.417. The van der Waals surface area contributed by atoms with Gasteiger partial charge in [-0.1, -0.05) is 67.4 Å². The van der Waals surface area contributed by atoms with Crippen molar-refractivity contribution in [3.63, 3.8) is 0 Å². The Kier molecular flexibility index (Phi) is 9.18. The van der Waals surface area contributed by atoms with Gasteiger partial charge in [0, 0.05) is 12.6 Å². The number of ether oxygens (including phenoxy) is 1. The van der Waals surface area contributed by atoms with Crippen LogP contribution in [0.15, 0.2) is 48.5 Å². The number of carbonyl (C=O) groups is 2. The maximum atomic E-state index is 13.2. The Labute approximate surface area is 184 Å². The van der Waals surface area contributed by atoms with Crippen LogP contribution in [0, 0.1) is 6.92 Å². The van der Waals surface area contributed by atoms with E-state index >= 15 is 0 Å². The summed E-state index contributed by atoms with van der Waals surface area (Å²) in [4.78, 5) is 27.7. The quantitative estimate of drug-likeness (QED) is 0.591. The Balaban J connectivity index is 2.23. The Hall–Kier alpha value is -2.53. The number of carbonyl (C=O) groups excluding carboxylic acids is 2. The summed E-state index contributed by atoms with van der Waals surface area (Å²) in [6, 6.07) is 14.4. The van der Waals surface area contributed by atoms with E-state index in [-0.39, 0.29) is 24.5 Å². The molecule has 2 atom stereocenters. The molecule has 0 saturated carbocycles. The predicted octanol–water partition coefficient (Wildman–Crippen LogP) is 4.75. The van der Waals surface area contributed by atoms with Gasteiger partial charge in [-0.15, -0.1) is 0 Å². The van der Waals surface area contributed by atoms with Crippen LogP contribution in [0.4, 0.5) is 0 Å². The second-order valence-corrected chi connectivity index (χ2v) is 7.88. The van der Waals surface area contributed by atoms with Gasteiger partial charge in [0.1, 0.15) is 11.8 Å². The van der Waals surface area contributed by atoms with Gasteiger partial charge in [0.2, 0.25) is 5.91 Å². The standard InChI is InChI=1S/C24H31ClN2O3/c1-5-18(4)26-24(29)21(6-2)27(15-19-11-9-10-17(3)14-19)23(28)16-30-22-13-8-7-12-20(22)25/h7-14,18,21H,5-6,15-16H2,1-4H3,(H,26,29). The third kappa shape index (κ3) is 6.77. The third-order valence-electron chi connectivity index (χ3n) is 5.01. The van der Waals surface area contributed by atoms with Crippen molar-refractivity contribution in [1.82, 2.24) is 10.2 Å². The first-order valence-electron chi connectivity index (χ1n) is 10.4. The Bertz CT molecular complexity index is 856. The summed E-state index contributed by atoms with van der Waals surface area (Å²) in [6.45, 7) is 8.02.